The van der Waals surface area contributed by atoms with Crippen LogP contribution in [-0.4, -0.2) is 59.6 Å². The van der Waals surface area contributed by atoms with Crippen molar-refractivity contribution in [2.75, 3.05) is 19.7 Å². The number of hydrogen-bond donors (Lipinski definition) is 2. The van der Waals surface area contributed by atoms with Gasteiger partial charge in [0, 0.05) is 18.5 Å². The fraction of sp³-hybridized carbons (Fsp3) is 0.400. The van der Waals surface area contributed by atoms with Gasteiger partial charge in [-0.05, 0) is 41.5 Å². The standard InChI is InChI=1S/C25H26F2N2O5/c26-25(27,23(32)29-12-6-5-7-16(29)13-22(30)31)15-28-24(33)34-14-21-19-10-3-1-8-17(19)18-9-2-4-11-20(18)21/h1-4,8-11,16,21H,5-7,12-15H2,(H,28,33)(H,30,31). The van der Waals surface area contributed by atoms with Crippen molar-refractivity contribution in [2.24, 2.45) is 0 Å². The summed E-state index contributed by atoms with van der Waals surface area (Å²) in [6, 6.07) is 14.7. The molecule has 1 aliphatic heterocycles. The molecule has 0 saturated carbocycles. The number of nitrogens with zero attached hydrogens (tertiary/aromatic N) is 1. The molecular formula is C25H26F2N2O5. The fourth-order valence-corrected chi connectivity index (χ4v) is 4.80. The molecule has 1 saturated heterocycles. The van der Waals surface area contributed by atoms with Crippen molar-refractivity contribution in [3.63, 3.8) is 0 Å². The van der Waals surface area contributed by atoms with Crippen molar-refractivity contribution >= 4 is 18.0 Å². The number of carbonyl (C=O) groups is 3. The second-order valence-corrected chi connectivity index (χ2v) is 8.63. The minimum Gasteiger partial charge on any atom is -0.481 e. The third kappa shape index (κ3) is 4.88. The molecule has 0 spiro atoms. The van der Waals surface area contributed by atoms with Crippen LogP contribution in [0.4, 0.5) is 13.6 Å². The topological polar surface area (TPSA) is 95.9 Å². The zero-order valence-electron chi connectivity index (χ0n) is 18.5. The zero-order chi connectivity index (χ0) is 24.3. The van der Waals surface area contributed by atoms with Crippen LogP contribution >= 0.6 is 0 Å². The molecule has 7 nitrogen and oxygen atoms in total. The van der Waals surface area contributed by atoms with E-state index in [1.807, 2.05) is 53.8 Å². The highest BCUT2D eigenvalue weighted by atomic mass is 19.3. The van der Waals surface area contributed by atoms with E-state index in [9.17, 15) is 23.2 Å². The molecule has 180 valence electrons. The number of ether oxygens (including phenoxy) is 1. The molecule has 1 heterocycles. The van der Waals surface area contributed by atoms with E-state index in [0.717, 1.165) is 27.2 Å². The van der Waals surface area contributed by atoms with Gasteiger partial charge in [-0.3, -0.25) is 9.59 Å². The Balaban J connectivity index is 1.35. The summed E-state index contributed by atoms with van der Waals surface area (Å²) in [5.41, 5.74) is 4.07. The van der Waals surface area contributed by atoms with Crippen molar-refractivity contribution in [1.82, 2.24) is 10.2 Å². The predicted octanol–water partition coefficient (Wildman–Crippen LogP) is 4.02. The maximum Gasteiger partial charge on any atom is 0.407 e. The molecule has 2 N–H and O–H groups in total. The van der Waals surface area contributed by atoms with Gasteiger partial charge in [0.2, 0.25) is 0 Å². The van der Waals surface area contributed by atoms with E-state index in [4.69, 9.17) is 9.84 Å². The lowest BCUT2D eigenvalue weighted by Crippen LogP contribution is -2.54. The SMILES string of the molecule is O=C(O)CC1CCCCN1C(=O)C(F)(F)CNC(=O)OCC1c2ccccc2-c2ccccc21. The Labute approximate surface area is 195 Å². The van der Waals surface area contributed by atoms with E-state index in [1.165, 1.54) is 0 Å². The number of carboxylic acid groups (broad SMARTS) is 1. The molecule has 0 radical (unpaired) electrons. The summed E-state index contributed by atoms with van der Waals surface area (Å²) < 4.78 is 34.4. The molecule has 4 rings (SSSR count). The molecule has 34 heavy (non-hydrogen) atoms. The van der Waals surface area contributed by atoms with Crippen molar-refractivity contribution in [2.45, 2.75) is 43.6 Å². The van der Waals surface area contributed by atoms with Gasteiger partial charge < -0.3 is 20.1 Å². The number of amides is 2. The van der Waals surface area contributed by atoms with E-state index in [2.05, 4.69) is 0 Å². The normalized spacial score (nSPS) is 17.6. The van der Waals surface area contributed by atoms with Crippen LogP contribution < -0.4 is 5.32 Å². The minimum atomic E-state index is -3.88. The number of carbonyl (C=O) groups excluding carboxylic acids is 2. The minimum absolute atomic E-state index is 0.0355. The summed E-state index contributed by atoms with van der Waals surface area (Å²) >= 11 is 0. The van der Waals surface area contributed by atoms with Gasteiger partial charge in [-0.2, -0.15) is 8.78 Å². The number of rotatable bonds is 7. The molecule has 0 aromatic heterocycles. The molecule has 1 aliphatic carbocycles. The molecule has 0 bridgehead atoms. The molecular weight excluding hydrogens is 446 g/mol. The second kappa shape index (κ2) is 9.79. The second-order valence-electron chi connectivity index (χ2n) is 8.63. The maximum absolute atomic E-state index is 14.6. The van der Waals surface area contributed by atoms with Crippen LogP contribution in [0.3, 0.4) is 0 Å². The lowest BCUT2D eigenvalue weighted by molar-refractivity contribution is -0.161. The van der Waals surface area contributed by atoms with E-state index in [-0.39, 0.29) is 25.5 Å². The van der Waals surface area contributed by atoms with Gasteiger partial charge in [-0.1, -0.05) is 48.5 Å². The van der Waals surface area contributed by atoms with E-state index < -0.39 is 36.5 Å². The highest BCUT2D eigenvalue weighted by Crippen LogP contribution is 2.44. The van der Waals surface area contributed by atoms with Crippen molar-refractivity contribution in [1.29, 1.82) is 0 Å². The Morgan fingerprint density at radius 1 is 1.03 bits per heavy atom. The predicted molar refractivity (Wildman–Crippen MR) is 120 cm³/mol. The maximum atomic E-state index is 14.6. The van der Waals surface area contributed by atoms with E-state index in [1.54, 1.807) is 0 Å². The quantitative estimate of drug-likeness (QED) is 0.635. The molecule has 1 atom stereocenters. The largest absolute Gasteiger partial charge is 0.481 e. The summed E-state index contributed by atoms with van der Waals surface area (Å²) in [5.74, 6) is -6.72. The first kappa shape index (κ1) is 23.7. The van der Waals surface area contributed by atoms with Gasteiger partial charge in [-0.25, -0.2) is 4.79 Å². The molecule has 2 amide bonds. The Morgan fingerprint density at radius 3 is 2.26 bits per heavy atom. The first-order chi connectivity index (χ1) is 16.3. The smallest absolute Gasteiger partial charge is 0.407 e. The fourth-order valence-electron chi connectivity index (χ4n) is 4.80. The van der Waals surface area contributed by atoms with Crippen molar-refractivity contribution in [3.8, 4) is 11.1 Å². The lowest BCUT2D eigenvalue weighted by Gasteiger charge is -2.36. The van der Waals surface area contributed by atoms with Crippen LogP contribution in [0, 0.1) is 0 Å². The van der Waals surface area contributed by atoms with Crippen LogP contribution in [0.1, 0.15) is 42.7 Å². The number of hydrogen-bond acceptors (Lipinski definition) is 4. The molecule has 1 unspecified atom stereocenters. The lowest BCUT2D eigenvalue weighted by atomic mass is 9.98. The number of nitrogens with one attached hydrogen (secondary N) is 1. The van der Waals surface area contributed by atoms with Crippen LogP contribution in [0.15, 0.2) is 48.5 Å². The Morgan fingerprint density at radius 2 is 1.65 bits per heavy atom. The summed E-state index contributed by atoms with van der Waals surface area (Å²) in [5, 5.41) is 11.0. The van der Waals surface area contributed by atoms with Crippen LogP contribution in [0.2, 0.25) is 0 Å². The number of carboxylic acids is 1. The monoisotopic (exact) mass is 472 g/mol. The molecule has 2 aromatic rings. The van der Waals surface area contributed by atoms with Crippen LogP contribution in [-0.2, 0) is 14.3 Å². The average molecular weight is 472 g/mol. The number of aliphatic carboxylic acids is 1. The van der Waals surface area contributed by atoms with Gasteiger partial charge in [0.05, 0.1) is 13.0 Å². The first-order valence-electron chi connectivity index (χ1n) is 11.3. The summed E-state index contributed by atoms with van der Waals surface area (Å²) in [4.78, 5) is 36.6. The summed E-state index contributed by atoms with van der Waals surface area (Å²) in [6.45, 7) is -1.19. The van der Waals surface area contributed by atoms with Crippen molar-refractivity contribution < 1.29 is 33.0 Å². The number of halogens is 2. The highest BCUT2D eigenvalue weighted by Gasteiger charge is 2.45. The number of alkyl carbamates (subject to hydrolysis) is 1. The Kier molecular flexibility index (Phi) is 6.81. The van der Waals surface area contributed by atoms with Gasteiger partial charge in [0.1, 0.15) is 6.61 Å². The number of fused-ring (bicyclic) bond motifs is 3. The zero-order valence-corrected chi connectivity index (χ0v) is 18.5. The average Bonchev–Trinajstić information content (AvgIpc) is 3.15. The van der Waals surface area contributed by atoms with Crippen molar-refractivity contribution in [3.05, 3.63) is 59.7 Å². The third-order valence-corrected chi connectivity index (χ3v) is 6.41. The first-order valence-corrected chi connectivity index (χ1v) is 11.3. The molecule has 9 heteroatoms. The van der Waals surface area contributed by atoms with Crippen LogP contribution in [0.25, 0.3) is 11.1 Å². The third-order valence-electron chi connectivity index (χ3n) is 6.41. The van der Waals surface area contributed by atoms with Gasteiger partial charge >= 0.3 is 18.0 Å². The number of piperidine rings is 1. The summed E-state index contributed by atoms with van der Waals surface area (Å²) in [7, 11) is 0. The summed E-state index contributed by atoms with van der Waals surface area (Å²) in [6.07, 6.45) is 0.119. The van der Waals surface area contributed by atoms with E-state index in [0.29, 0.717) is 19.3 Å². The Bertz CT molecular complexity index is 1040. The van der Waals surface area contributed by atoms with Gasteiger partial charge in [0.15, 0.2) is 0 Å². The molecule has 2 aliphatic rings. The molecule has 1 fully saturated rings. The van der Waals surface area contributed by atoms with E-state index >= 15 is 0 Å². The van der Waals surface area contributed by atoms with Gasteiger partial charge in [0.25, 0.3) is 5.91 Å². The van der Waals surface area contributed by atoms with Crippen LogP contribution in [0.5, 0.6) is 0 Å². The number of benzene rings is 2. The highest BCUT2D eigenvalue weighted by molar-refractivity contribution is 5.85. The number of likely N-dealkylation sites (tertiary alicyclic amines) is 1. The number of alkyl halides is 2. The van der Waals surface area contributed by atoms with Gasteiger partial charge in [-0.15, -0.1) is 0 Å². The Hall–Kier alpha value is -3.49. The molecule has 2 aromatic carbocycles.